The summed E-state index contributed by atoms with van der Waals surface area (Å²) in [4.78, 5) is 6.47. The number of hydrogen-bond donors (Lipinski definition) is 2. The Morgan fingerprint density at radius 1 is 1.16 bits per heavy atom. The van der Waals surface area contributed by atoms with Crippen LogP contribution in [0.15, 0.2) is 59.6 Å². The minimum absolute atomic E-state index is 0.232. The third kappa shape index (κ3) is 6.85. The number of aliphatic hydroxyl groups excluding tert-OH is 1. The Bertz CT molecular complexity index is 672. The van der Waals surface area contributed by atoms with Crippen LogP contribution in [0, 0.1) is 6.92 Å². The van der Waals surface area contributed by atoms with E-state index in [4.69, 9.17) is 4.74 Å². The van der Waals surface area contributed by atoms with Crippen molar-refractivity contribution in [1.82, 2.24) is 10.2 Å². The monoisotopic (exact) mass is 341 g/mol. The van der Waals surface area contributed by atoms with Gasteiger partial charge in [-0.1, -0.05) is 42.5 Å². The molecule has 0 bridgehead atoms. The molecule has 134 valence electrons. The fourth-order valence-corrected chi connectivity index (χ4v) is 2.27. The van der Waals surface area contributed by atoms with Crippen LogP contribution in [-0.2, 0) is 6.54 Å². The summed E-state index contributed by atoms with van der Waals surface area (Å²) in [5.41, 5.74) is 2.28. The first-order chi connectivity index (χ1) is 12.0. The maximum atomic E-state index is 10.1. The molecule has 1 atom stereocenters. The zero-order chi connectivity index (χ0) is 18.1. The second-order valence-electron chi connectivity index (χ2n) is 6.18. The molecular formula is C20H27N3O2. The number of ether oxygens (including phenoxy) is 1. The molecule has 5 nitrogen and oxygen atoms in total. The molecule has 0 aliphatic rings. The first-order valence-electron chi connectivity index (χ1n) is 8.41. The Morgan fingerprint density at radius 2 is 1.92 bits per heavy atom. The van der Waals surface area contributed by atoms with Crippen LogP contribution in [0.25, 0.3) is 0 Å². The van der Waals surface area contributed by atoms with Crippen molar-refractivity contribution in [3.63, 3.8) is 0 Å². The Labute approximate surface area is 150 Å². The number of aliphatic imine (C=N–C) groups is 1. The zero-order valence-corrected chi connectivity index (χ0v) is 15.1. The van der Waals surface area contributed by atoms with Crippen molar-refractivity contribution in [2.24, 2.45) is 4.99 Å². The summed E-state index contributed by atoms with van der Waals surface area (Å²) in [6, 6.07) is 17.9. The minimum Gasteiger partial charge on any atom is -0.491 e. The smallest absolute Gasteiger partial charge is 0.193 e. The number of nitrogens with one attached hydrogen (secondary N) is 1. The average molecular weight is 341 g/mol. The van der Waals surface area contributed by atoms with Crippen molar-refractivity contribution in [2.75, 3.05) is 27.2 Å². The van der Waals surface area contributed by atoms with E-state index in [1.807, 2.05) is 80.5 Å². The molecule has 0 saturated carbocycles. The highest BCUT2D eigenvalue weighted by Gasteiger charge is 2.08. The Morgan fingerprint density at radius 3 is 2.60 bits per heavy atom. The van der Waals surface area contributed by atoms with Gasteiger partial charge >= 0.3 is 0 Å². The number of hydrogen-bond acceptors (Lipinski definition) is 3. The van der Waals surface area contributed by atoms with Gasteiger partial charge in [0.1, 0.15) is 18.5 Å². The molecule has 0 fully saturated rings. The van der Waals surface area contributed by atoms with E-state index in [1.165, 1.54) is 0 Å². The lowest BCUT2D eigenvalue weighted by molar-refractivity contribution is 0.110. The molecule has 2 aromatic rings. The van der Waals surface area contributed by atoms with E-state index in [0.717, 1.165) is 22.8 Å². The van der Waals surface area contributed by atoms with Crippen LogP contribution in [-0.4, -0.2) is 49.3 Å². The van der Waals surface area contributed by atoms with Gasteiger partial charge in [0.15, 0.2) is 5.96 Å². The Hall–Kier alpha value is -2.53. The molecule has 25 heavy (non-hydrogen) atoms. The van der Waals surface area contributed by atoms with E-state index >= 15 is 0 Å². The third-order valence-corrected chi connectivity index (χ3v) is 3.61. The van der Waals surface area contributed by atoms with Crippen LogP contribution in [0.3, 0.4) is 0 Å². The first kappa shape index (κ1) is 18.8. The third-order valence-electron chi connectivity index (χ3n) is 3.61. The topological polar surface area (TPSA) is 57.1 Å². The summed E-state index contributed by atoms with van der Waals surface area (Å²) in [6.45, 7) is 3.21. The van der Waals surface area contributed by atoms with Gasteiger partial charge in [-0.05, 0) is 30.2 Å². The lowest BCUT2D eigenvalue weighted by Crippen LogP contribution is -2.42. The molecule has 2 N–H and O–H groups in total. The molecule has 2 rings (SSSR count). The van der Waals surface area contributed by atoms with Crippen molar-refractivity contribution in [2.45, 2.75) is 19.6 Å². The molecule has 2 aromatic carbocycles. The minimum atomic E-state index is -0.623. The van der Waals surface area contributed by atoms with E-state index in [9.17, 15) is 5.11 Å². The molecule has 0 heterocycles. The van der Waals surface area contributed by atoms with Crippen LogP contribution >= 0.6 is 0 Å². The van der Waals surface area contributed by atoms with E-state index < -0.39 is 6.10 Å². The van der Waals surface area contributed by atoms with Gasteiger partial charge in [0.2, 0.25) is 0 Å². The van der Waals surface area contributed by atoms with Crippen molar-refractivity contribution in [1.29, 1.82) is 0 Å². The molecular weight excluding hydrogens is 314 g/mol. The summed E-state index contributed by atoms with van der Waals surface area (Å²) in [6.07, 6.45) is -0.623. The van der Waals surface area contributed by atoms with Crippen molar-refractivity contribution in [3.8, 4) is 5.75 Å². The molecule has 0 saturated heterocycles. The van der Waals surface area contributed by atoms with Gasteiger partial charge in [-0.3, -0.25) is 0 Å². The van der Waals surface area contributed by atoms with Crippen LogP contribution in [0.4, 0.5) is 0 Å². The van der Waals surface area contributed by atoms with Crippen molar-refractivity contribution >= 4 is 5.96 Å². The normalized spacial score (nSPS) is 12.6. The molecule has 5 heteroatoms. The molecule has 0 aliphatic heterocycles. The lowest BCUT2D eigenvalue weighted by Gasteiger charge is -2.20. The highest BCUT2D eigenvalue weighted by atomic mass is 16.5. The van der Waals surface area contributed by atoms with Crippen LogP contribution in [0.1, 0.15) is 11.1 Å². The first-order valence-corrected chi connectivity index (χ1v) is 8.41. The molecule has 0 spiro atoms. The zero-order valence-electron chi connectivity index (χ0n) is 15.1. The Kier molecular flexibility index (Phi) is 7.29. The summed E-state index contributed by atoms with van der Waals surface area (Å²) >= 11 is 0. The Balaban J connectivity index is 1.81. The summed E-state index contributed by atoms with van der Waals surface area (Å²) in [7, 11) is 3.85. The van der Waals surface area contributed by atoms with Gasteiger partial charge in [0, 0.05) is 20.6 Å². The van der Waals surface area contributed by atoms with Gasteiger partial charge in [-0.25, -0.2) is 4.99 Å². The van der Waals surface area contributed by atoms with Gasteiger partial charge < -0.3 is 20.1 Å². The van der Waals surface area contributed by atoms with Crippen LogP contribution < -0.4 is 10.1 Å². The standard InChI is InChI=1S/C20H27N3O2/c1-16-8-7-11-19(12-16)25-15-18(24)14-22-20(23(2)3)21-13-17-9-5-4-6-10-17/h4-12,18,24H,13-15H2,1-3H3,(H,21,22). The van der Waals surface area contributed by atoms with Crippen LogP contribution in [0.5, 0.6) is 5.75 Å². The highest BCUT2D eigenvalue weighted by molar-refractivity contribution is 5.79. The fraction of sp³-hybridized carbons (Fsp3) is 0.350. The second-order valence-corrected chi connectivity index (χ2v) is 6.18. The number of benzene rings is 2. The van der Waals surface area contributed by atoms with E-state index in [-0.39, 0.29) is 6.61 Å². The summed E-state index contributed by atoms with van der Waals surface area (Å²) in [5.74, 6) is 1.50. The predicted molar refractivity (Wildman–Crippen MR) is 102 cm³/mol. The summed E-state index contributed by atoms with van der Waals surface area (Å²) in [5, 5.41) is 13.3. The second kappa shape index (κ2) is 9.69. The molecule has 0 radical (unpaired) electrons. The van der Waals surface area contributed by atoms with Gasteiger partial charge in [-0.2, -0.15) is 0 Å². The molecule has 0 amide bonds. The van der Waals surface area contributed by atoms with E-state index in [1.54, 1.807) is 0 Å². The quantitative estimate of drug-likeness (QED) is 0.600. The van der Waals surface area contributed by atoms with Gasteiger partial charge in [-0.15, -0.1) is 0 Å². The lowest BCUT2D eigenvalue weighted by atomic mass is 10.2. The number of nitrogens with zero attached hydrogens (tertiary/aromatic N) is 2. The summed E-state index contributed by atoms with van der Waals surface area (Å²) < 4.78 is 5.63. The SMILES string of the molecule is Cc1cccc(OCC(O)CNC(=NCc2ccccc2)N(C)C)c1. The maximum absolute atomic E-state index is 10.1. The fourth-order valence-electron chi connectivity index (χ4n) is 2.27. The van der Waals surface area contributed by atoms with E-state index in [0.29, 0.717) is 13.1 Å². The predicted octanol–water partition coefficient (Wildman–Crippen LogP) is 2.44. The number of rotatable bonds is 7. The van der Waals surface area contributed by atoms with Crippen LogP contribution in [0.2, 0.25) is 0 Å². The maximum Gasteiger partial charge on any atom is 0.193 e. The van der Waals surface area contributed by atoms with Gasteiger partial charge in [0.05, 0.1) is 6.54 Å². The number of aryl methyl sites for hydroxylation is 1. The van der Waals surface area contributed by atoms with Crippen molar-refractivity contribution in [3.05, 3.63) is 65.7 Å². The number of guanidine groups is 1. The largest absolute Gasteiger partial charge is 0.491 e. The average Bonchev–Trinajstić information content (AvgIpc) is 2.60. The number of aliphatic hydroxyl groups is 1. The van der Waals surface area contributed by atoms with Gasteiger partial charge in [0.25, 0.3) is 0 Å². The molecule has 1 unspecified atom stereocenters. The van der Waals surface area contributed by atoms with E-state index in [2.05, 4.69) is 10.3 Å². The molecule has 0 aliphatic carbocycles. The molecule has 0 aromatic heterocycles. The highest BCUT2D eigenvalue weighted by Crippen LogP contribution is 2.12. The van der Waals surface area contributed by atoms with Crippen molar-refractivity contribution < 1.29 is 9.84 Å².